The summed E-state index contributed by atoms with van der Waals surface area (Å²) < 4.78 is 5.35. The lowest BCUT2D eigenvalue weighted by Gasteiger charge is -2.28. The van der Waals surface area contributed by atoms with Crippen LogP contribution in [-0.2, 0) is 4.74 Å². The smallest absolute Gasteiger partial charge is 0.130 e. The highest BCUT2D eigenvalue weighted by Gasteiger charge is 2.14. The van der Waals surface area contributed by atoms with Gasteiger partial charge in [0.1, 0.15) is 11.5 Å². The fourth-order valence-electron chi connectivity index (χ4n) is 1.90. The summed E-state index contributed by atoms with van der Waals surface area (Å²) in [7, 11) is 0. The number of hydrogen-bond acceptors (Lipinski definition) is 3. The number of terminal acetylenes is 1. The number of nitrogens with zero attached hydrogens (tertiary/aromatic N) is 2. The molecule has 1 fully saturated rings. The molecule has 1 aromatic rings. The normalized spacial score (nSPS) is 16.0. The first-order chi connectivity index (χ1) is 8.20. The Balaban J connectivity index is 2.32. The Morgan fingerprint density at radius 2 is 2.06 bits per heavy atom. The molecular weight excluding hydrogens is 212 g/mol. The molecular formula is C14H18N2O. The van der Waals surface area contributed by atoms with Crippen LogP contribution in [0, 0.1) is 12.3 Å². The molecule has 0 radical (unpaired) electrons. The van der Waals surface area contributed by atoms with Crippen molar-refractivity contribution in [3.63, 3.8) is 0 Å². The van der Waals surface area contributed by atoms with Gasteiger partial charge in [-0.15, -0.1) is 6.42 Å². The van der Waals surface area contributed by atoms with Crippen molar-refractivity contribution in [3.8, 4) is 12.3 Å². The van der Waals surface area contributed by atoms with E-state index in [1.165, 1.54) is 5.56 Å². The predicted octanol–water partition coefficient (Wildman–Crippen LogP) is 2.02. The minimum Gasteiger partial charge on any atom is -0.378 e. The second-order valence-electron chi connectivity index (χ2n) is 4.54. The summed E-state index contributed by atoms with van der Waals surface area (Å²) in [6.07, 6.45) is 5.46. The van der Waals surface area contributed by atoms with Crippen LogP contribution in [0.1, 0.15) is 31.0 Å². The van der Waals surface area contributed by atoms with Crippen LogP contribution in [0.3, 0.4) is 0 Å². The first-order valence-corrected chi connectivity index (χ1v) is 6.02. The quantitative estimate of drug-likeness (QED) is 0.727. The zero-order chi connectivity index (χ0) is 12.3. The molecule has 3 nitrogen and oxygen atoms in total. The van der Waals surface area contributed by atoms with Gasteiger partial charge in [-0.05, 0) is 23.6 Å². The third kappa shape index (κ3) is 2.78. The molecule has 90 valence electrons. The van der Waals surface area contributed by atoms with Crippen LogP contribution in [0.5, 0.6) is 0 Å². The number of morpholine rings is 1. The third-order valence-electron chi connectivity index (χ3n) is 2.98. The van der Waals surface area contributed by atoms with Crippen LogP contribution >= 0.6 is 0 Å². The molecule has 3 heteroatoms. The number of rotatable bonds is 2. The molecule has 1 saturated heterocycles. The average molecular weight is 230 g/mol. The first kappa shape index (κ1) is 11.9. The van der Waals surface area contributed by atoms with E-state index >= 15 is 0 Å². The topological polar surface area (TPSA) is 25.4 Å². The van der Waals surface area contributed by atoms with E-state index in [1.807, 2.05) is 6.07 Å². The molecule has 1 aliphatic heterocycles. The number of hydrogen-bond donors (Lipinski definition) is 0. The predicted molar refractivity (Wildman–Crippen MR) is 69.3 cm³/mol. The van der Waals surface area contributed by atoms with Gasteiger partial charge in [-0.25, -0.2) is 4.98 Å². The number of pyridine rings is 1. The van der Waals surface area contributed by atoms with Gasteiger partial charge in [-0.1, -0.05) is 19.8 Å². The molecule has 0 atom stereocenters. The summed E-state index contributed by atoms with van der Waals surface area (Å²) >= 11 is 0. The molecule has 0 unspecified atom stereocenters. The molecule has 0 bridgehead atoms. The molecule has 0 amide bonds. The second-order valence-corrected chi connectivity index (χ2v) is 4.54. The highest BCUT2D eigenvalue weighted by Crippen LogP contribution is 2.21. The van der Waals surface area contributed by atoms with E-state index in [-0.39, 0.29) is 0 Å². The van der Waals surface area contributed by atoms with E-state index in [1.54, 1.807) is 0 Å². The van der Waals surface area contributed by atoms with Crippen molar-refractivity contribution in [2.24, 2.45) is 0 Å². The van der Waals surface area contributed by atoms with Crippen molar-refractivity contribution in [2.45, 2.75) is 19.8 Å². The minimum absolute atomic E-state index is 0.463. The van der Waals surface area contributed by atoms with Gasteiger partial charge in [0.05, 0.1) is 13.2 Å². The van der Waals surface area contributed by atoms with Gasteiger partial charge >= 0.3 is 0 Å². The SMILES string of the molecule is C#Cc1cc(C(C)C)cc(N2CCOCC2)n1. The molecule has 2 rings (SSSR count). The Hall–Kier alpha value is -1.53. The van der Waals surface area contributed by atoms with Crippen LogP contribution in [-0.4, -0.2) is 31.3 Å². The largest absolute Gasteiger partial charge is 0.378 e. The van der Waals surface area contributed by atoms with E-state index < -0.39 is 0 Å². The van der Waals surface area contributed by atoms with Gasteiger partial charge < -0.3 is 9.64 Å². The molecule has 1 aliphatic rings. The zero-order valence-electron chi connectivity index (χ0n) is 10.4. The maximum atomic E-state index is 5.46. The van der Waals surface area contributed by atoms with Crippen molar-refractivity contribution >= 4 is 5.82 Å². The van der Waals surface area contributed by atoms with Gasteiger partial charge in [-0.3, -0.25) is 0 Å². The molecule has 1 aromatic heterocycles. The van der Waals surface area contributed by atoms with Crippen LogP contribution in [0.25, 0.3) is 0 Å². The number of anilines is 1. The highest BCUT2D eigenvalue weighted by atomic mass is 16.5. The van der Waals surface area contributed by atoms with Crippen molar-refractivity contribution in [1.82, 2.24) is 4.98 Å². The van der Waals surface area contributed by atoms with Gasteiger partial charge in [0.25, 0.3) is 0 Å². The van der Waals surface area contributed by atoms with E-state index in [4.69, 9.17) is 11.2 Å². The lowest BCUT2D eigenvalue weighted by Crippen LogP contribution is -2.36. The van der Waals surface area contributed by atoms with Crippen molar-refractivity contribution in [3.05, 3.63) is 23.4 Å². The van der Waals surface area contributed by atoms with E-state index in [2.05, 4.69) is 35.7 Å². The Kier molecular flexibility index (Phi) is 3.65. The summed E-state index contributed by atoms with van der Waals surface area (Å²) in [5, 5.41) is 0. The zero-order valence-corrected chi connectivity index (χ0v) is 10.4. The van der Waals surface area contributed by atoms with E-state index in [0.29, 0.717) is 5.92 Å². The summed E-state index contributed by atoms with van der Waals surface area (Å²) in [6.45, 7) is 7.63. The van der Waals surface area contributed by atoms with Gasteiger partial charge in [-0.2, -0.15) is 0 Å². The maximum Gasteiger partial charge on any atom is 0.130 e. The molecule has 0 aromatic carbocycles. The standard InChI is InChI=1S/C14H18N2O/c1-4-13-9-12(11(2)3)10-14(15-13)16-5-7-17-8-6-16/h1,9-11H,5-8H2,2-3H3. The van der Waals surface area contributed by atoms with Crippen molar-refractivity contribution in [2.75, 3.05) is 31.2 Å². The summed E-state index contributed by atoms with van der Waals surface area (Å²) in [6, 6.07) is 4.13. The Labute approximate surface area is 103 Å². The maximum absolute atomic E-state index is 5.46. The van der Waals surface area contributed by atoms with E-state index in [9.17, 15) is 0 Å². The lowest BCUT2D eigenvalue weighted by atomic mass is 10.0. The lowest BCUT2D eigenvalue weighted by molar-refractivity contribution is 0.122. The van der Waals surface area contributed by atoms with Crippen molar-refractivity contribution < 1.29 is 4.74 Å². The molecule has 0 N–H and O–H groups in total. The van der Waals surface area contributed by atoms with Gasteiger partial charge in [0.2, 0.25) is 0 Å². The summed E-state index contributed by atoms with van der Waals surface area (Å²) in [5.74, 6) is 4.07. The molecule has 2 heterocycles. The monoisotopic (exact) mass is 230 g/mol. The van der Waals surface area contributed by atoms with Gasteiger partial charge in [0, 0.05) is 13.1 Å². The number of aromatic nitrogens is 1. The first-order valence-electron chi connectivity index (χ1n) is 6.02. The van der Waals surface area contributed by atoms with Crippen LogP contribution < -0.4 is 4.90 Å². The second kappa shape index (κ2) is 5.20. The fourth-order valence-corrected chi connectivity index (χ4v) is 1.90. The Morgan fingerprint density at radius 1 is 1.35 bits per heavy atom. The minimum atomic E-state index is 0.463. The van der Waals surface area contributed by atoms with Crippen molar-refractivity contribution in [1.29, 1.82) is 0 Å². The highest BCUT2D eigenvalue weighted by molar-refractivity contribution is 5.46. The van der Waals surface area contributed by atoms with Crippen LogP contribution in [0.15, 0.2) is 12.1 Å². The Bertz CT molecular complexity index is 428. The summed E-state index contributed by atoms with van der Waals surface area (Å²) in [4.78, 5) is 6.72. The molecule has 17 heavy (non-hydrogen) atoms. The average Bonchev–Trinajstić information content (AvgIpc) is 2.39. The van der Waals surface area contributed by atoms with Gasteiger partial charge in [0.15, 0.2) is 0 Å². The molecule has 0 saturated carbocycles. The molecule has 0 aliphatic carbocycles. The van der Waals surface area contributed by atoms with E-state index in [0.717, 1.165) is 37.8 Å². The third-order valence-corrected chi connectivity index (χ3v) is 2.98. The fraction of sp³-hybridized carbons (Fsp3) is 0.500. The number of ether oxygens (including phenoxy) is 1. The Morgan fingerprint density at radius 3 is 2.65 bits per heavy atom. The van der Waals surface area contributed by atoms with Crippen LogP contribution in [0.2, 0.25) is 0 Å². The summed E-state index contributed by atoms with van der Waals surface area (Å²) in [5.41, 5.74) is 1.96. The van der Waals surface area contributed by atoms with Crippen LogP contribution in [0.4, 0.5) is 5.82 Å². The molecule has 0 spiro atoms.